The molecule has 0 unspecified atom stereocenters. The molecule has 8 nitrogen and oxygen atoms in total. The van der Waals surface area contributed by atoms with Gasteiger partial charge in [-0.2, -0.15) is 9.78 Å². The Bertz CT molecular complexity index is 1080. The number of carbonyl (C=O) groups excluding carboxylic acids is 1. The first kappa shape index (κ1) is 20.0. The average Bonchev–Trinajstić information content (AvgIpc) is 3.55. The number of hydrogen-bond donors (Lipinski definition) is 1. The summed E-state index contributed by atoms with van der Waals surface area (Å²) in [4.78, 5) is 26.3. The summed E-state index contributed by atoms with van der Waals surface area (Å²) in [5.74, 6) is -0.250. The number of ether oxygens (including phenoxy) is 2. The number of aromatic nitrogens is 3. The zero-order chi connectivity index (χ0) is 21.2. The highest BCUT2D eigenvalue weighted by Gasteiger charge is 2.26. The predicted octanol–water partition coefficient (Wildman–Crippen LogP) is 2.23. The van der Waals surface area contributed by atoms with Gasteiger partial charge in [0.25, 0.3) is 11.5 Å². The van der Waals surface area contributed by atoms with Gasteiger partial charge in [0.2, 0.25) is 0 Å². The Morgan fingerprint density at radius 1 is 1.06 bits per heavy atom. The Hall–Kier alpha value is -2.97. The van der Waals surface area contributed by atoms with Crippen molar-refractivity contribution in [3.63, 3.8) is 0 Å². The van der Waals surface area contributed by atoms with Crippen molar-refractivity contribution in [2.75, 3.05) is 19.8 Å². The van der Waals surface area contributed by atoms with Crippen molar-refractivity contribution >= 4 is 5.91 Å². The molecule has 162 valence electrons. The van der Waals surface area contributed by atoms with Crippen molar-refractivity contribution in [2.45, 2.75) is 44.4 Å². The molecule has 2 fully saturated rings. The van der Waals surface area contributed by atoms with E-state index in [1.165, 1.54) is 4.68 Å². The Labute approximate surface area is 180 Å². The summed E-state index contributed by atoms with van der Waals surface area (Å²) in [5.41, 5.74) is 1.64. The molecule has 0 bridgehead atoms. The molecule has 1 aromatic carbocycles. The number of nitrogens with zero attached hydrogens (tertiary/aromatic N) is 3. The minimum atomic E-state index is -0.250. The lowest BCUT2D eigenvalue weighted by Crippen LogP contribution is -2.32. The van der Waals surface area contributed by atoms with Crippen LogP contribution in [0.15, 0.2) is 47.5 Å². The number of pyridine rings is 1. The van der Waals surface area contributed by atoms with Gasteiger partial charge in [-0.25, -0.2) is 0 Å². The fraction of sp³-hybridized carbons (Fsp3) is 0.435. The topological polar surface area (TPSA) is 87.4 Å². The van der Waals surface area contributed by atoms with Crippen LogP contribution in [-0.4, -0.2) is 52.2 Å². The van der Waals surface area contributed by atoms with Crippen LogP contribution in [0.3, 0.4) is 0 Å². The molecular formula is C23H26N4O4. The van der Waals surface area contributed by atoms with Crippen molar-refractivity contribution < 1.29 is 14.3 Å². The van der Waals surface area contributed by atoms with Crippen molar-refractivity contribution in [1.29, 1.82) is 0 Å². The van der Waals surface area contributed by atoms with E-state index in [0.29, 0.717) is 35.6 Å². The fourth-order valence-corrected chi connectivity index (χ4v) is 4.31. The van der Waals surface area contributed by atoms with Crippen LogP contribution < -0.4 is 10.9 Å². The Kier molecular flexibility index (Phi) is 5.57. The van der Waals surface area contributed by atoms with Gasteiger partial charge in [-0.15, -0.1) is 0 Å². The Morgan fingerprint density at radius 2 is 1.81 bits per heavy atom. The molecule has 0 aromatic heterocycles. The minimum absolute atomic E-state index is 0.0408. The molecule has 4 aliphatic rings. The first-order chi connectivity index (χ1) is 15.2. The van der Waals surface area contributed by atoms with Gasteiger partial charge in [0.1, 0.15) is 5.69 Å². The highest BCUT2D eigenvalue weighted by Crippen LogP contribution is 2.24. The lowest BCUT2D eigenvalue weighted by molar-refractivity contribution is 0.0854. The zero-order valence-corrected chi connectivity index (χ0v) is 17.3. The summed E-state index contributed by atoms with van der Waals surface area (Å²) in [6.07, 6.45) is 7.64. The number of carbonyl (C=O) groups is 1. The first-order valence-corrected chi connectivity index (χ1v) is 10.9. The van der Waals surface area contributed by atoms with E-state index in [2.05, 4.69) is 10.4 Å². The number of nitrogens with one attached hydrogen (secondary N) is 1. The SMILES string of the molecule is O=C(NC[C@H]1CCCO1)c1cn(C[C@H]2CCCO2)cc2c(=O)n(-c3ccccc3)nc1-2. The van der Waals surface area contributed by atoms with Crippen molar-refractivity contribution in [3.8, 4) is 16.9 Å². The summed E-state index contributed by atoms with van der Waals surface area (Å²) >= 11 is 0. The van der Waals surface area contributed by atoms with Crippen molar-refractivity contribution in [1.82, 2.24) is 19.7 Å². The van der Waals surface area contributed by atoms with Crippen LogP contribution >= 0.6 is 0 Å². The molecule has 0 aliphatic carbocycles. The van der Waals surface area contributed by atoms with Gasteiger partial charge >= 0.3 is 0 Å². The van der Waals surface area contributed by atoms with Gasteiger partial charge in [0.05, 0.1) is 29.0 Å². The first-order valence-electron chi connectivity index (χ1n) is 10.9. The molecule has 2 saturated heterocycles. The van der Waals surface area contributed by atoms with Crippen LogP contribution in [0.2, 0.25) is 0 Å². The number of rotatable bonds is 6. The van der Waals surface area contributed by atoms with Crippen LogP contribution in [-0.2, 0) is 16.0 Å². The number of benzene rings is 1. The molecule has 31 heavy (non-hydrogen) atoms. The van der Waals surface area contributed by atoms with Crippen LogP contribution in [0.1, 0.15) is 36.0 Å². The van der Waals surface area contributed by atoms with E-state index in [1.54, 1.807) is 12.4 Å². The monoisotopic (exact) mass is 422 g/mol. The van der Waals surface area contributed by atoms with Crippen molar-refractivity contribution in [3.05, 3.63) is 58.6 Å². The van der Waals surface area contributed by atoms with Crippen LogP contribution in [0.25, 0.3) is 16.9 Å². The van der Waals surface area contributed by atoms with Crippen molar-refractivity contribution in [2.24, 2.45) is 0 Å². The molecule has 4 aliphatic heterocycles. The molecule has 0 radical (unpaired) electrons. The third-order valence-electron chi connectivity index (χ3n) is 5.92. The van der Waals surface area contributed by atoms with E-state index in [0.717, 1.165) is 38.9 Å². The summed E-state index contributed by atoms with van der Waals surface area (Å²) < 4.78 is 14.6. The van der Waals surface area contributed by atoms with E-state index in [9.17, 15) is 9.59 Å². The van der Waals surface area contributed by atoms with Gasteiger partial charge in [0.15, 0.2) is 0 Å². The third kappa shape index (κ3) is 4.13. The fourth-order valence-electron chi connectivity index (χ4n) is 4.31. The Balaban J connectivity index is 1.52. The molecule has 1 amide bonds. The van der Waals surface area contributed by atoms with Gasteiger partial charge in [-0.05, 0) is 37.8 Å². The largest absolute Gasteiger partial charge is 0.376 e. The number of amides is 1. The normalized spacial score (nSPS) is 21.0. The van der Waals surface area contributed by atoms with Gasteiger partial charge in [-0.3, -0.25) is 9.59 Å². The maximum absolute atomic E-state index is 13.2. The number of hydrogen-bond acceptors (Lipinski definition) is 5. The Morgan fingerprint density at radius 3 is 2.52 bits per heavy atom. The highest BCUT2D eigenvalue weighted by molar-refractivity contribution is 5.99. The highest BCUT2D eigenvalue weighted by atomic mass is 16.5. The second kappa shape index (κ2) is 8.64. The van der Waals surface area contributed by atoms with E-state index in [-0.39, 0.29) is 23.7 Å². The predicted molar refractivity (Wildman–Crippen MR) is 115 cm³/mol. The lowest BCUT2D eigenvalue weighted by Gasteiger charge is -2.16. The van der Waals surface area contributed by atoms with E-state index in [1.807, 2.05) is 34.9 Å². The second-order valence-corrected chi connectivity index (χ2v) is 8.16. The molecule has 2 atom stereocenters. The van der Waals surface area contributed by atoms with E-state index >= 15 is 0 Å². The lowest BCUT2D eigenvalue weighted by atomic mass is 10.1. The number of para-hydroxylation sites is 1. The molecule has 0 saturated carbocycles. The van der Waals surface area contributed by atoms with Crippen LogP contribution in [0.4, 0.5) is 0 Å². The van der Waals surface area contributed by atoms with Gasteiger partial charge in [-0.1, -0.05) is 18.2 Å². The van der Waals surface area contributed by atoms with E-state index in [4.69, 9.17) is 9.47 Å². The quantitative estimate of drug-likeness (QED) is 0.658. The maximum atomic E-state index is 13.2. The van der Waals surface area contributed by atoms with Crippen LogP contribution in [0, 0.1) is 0 Å². The molecule has 1 N–H and O–H groups in total. The van der Waals surface area contributed by atoms with E-state index < -0.39 is 0 Å². The smallest absolute Gasteiger partial charge is 0.282 e. The summed E-state index contributed by atoms with van der Waals surface area (Å²) in [6.45, 7) is 2.53. The average molecular weight is 422 g/mol. The molecule has 1 aromatic rings. The zero-order valence-electron chi connectivity index (χ0n) is 17.3. The maximum Gasteiger partial charge on any atom is 0.282 e. The molecule has 5 rings (SSSR count). The molecule has 0 spiro atoms. The number of fused-ring (bicyclic) bond motifs is 1. The molecular weight excluding hydrogens is 396 g/mol. The van der Waals surface area contributed by atoms with Gasteiger partial charge in [0, 0.05) is 38.7 Å². The minimum Gasteiger partial charge on any atom is -0.376 e. The summed E-state index contributed by atoms with van der Waals surface area (Å²) in [7, 11) is 0. The molecule has 8 heteroatoms. The summed E-state index contributed by atoms with van der Waals surface area (Å²) in [5, 5.41) is 7.49. The molecule has 4 heterocycles. The second-order valence-electron chi connectivity index (χ2n) is 8.16. The van der Waals surface area contributed by atoms with Crippen LogP contribution in [0.5, 0.6) is 0 Å². The van der Waals surface area contributed by atoms with Gasteiger partial charge < -0.3 is 19.4 Å². The summed E-state index contributed by atoms with van der Waals surface area (Å²) in [6, 6.07) is 9.24. The third-order valence-corrected chi connectivity index (χ3v) is 5.92. The standard InChI is InChI=1S/C23H26N4O4/c28-22(24-12-17-8-4-10-30-17)19-14-26(13-18-9-5-11-31-18)15-20-21(19)25-27(23(20)29)16-6-2-1-3-7-16/h1-3,6-7,14-15,17-18H,4-5,8-13H2,(H,24,28)/t17-,18-/m1/s1.